The highest BCUT2D eigenvalue weighted by atomic mass is 127. The van der Waals surface area contributed by atoms with Crippen LogP contribution >= 0.6 is 24.0 Å². The lowest BCUT2D eigenvalue weighted by Crippen LogP contribution is -2.40. The van der Waals surface area contributed by atoms with Gasteiger partial charge in [0, 0.05) is 13.1 Å². The van der Waals surface area contributed by atoms with Crippen molar-refractivity contribution >= 4 is 40.0 Å². The molecule has 0 radical (unpaired) electrons. The van der Waals surface area contributed by atoms with Crippen LogP contribution in [0.5, 0.6) is 0 Å². The summed E-state index contributed by atoms with van der Waals surface area (Å²) in [7, 11) is -3.55. The van der Waals surface area contributed by atoms with Crippen molar-refractivity contribution in [2.75, 3.05) is 25.4 Å². The van der Waals surface area contributed by atoms with E-state index in [9.17, 15) is 21.6 Å². The summed E-state index contributed by atoms with van der Waals surface area (Å²) in [5.74, 6) is 0.220. The number of guanidine groups is 1. The summed E-state index contributed by atoms with van der Waals surface area (Å²) in [5.41, 5.74) is 1.47. The van der Waals surface area contributed by atoms with Gasteiger partial charge >= 0.3 is 6.18 Å². The maximum absolute atomic E-state index is 12.0. The molecule has 4 N–H and O–H groups in total. The number of benzene rings is 1. The van der Waals surface area contributed by atoms with Gasteiger partial charge in [0.05, 0.1) is 18.9 Å². The maximum Gasteiger partial charge on any atom is 0.411 e. The van der Waals surface area contributed by atoms with Gasteiger partial charge in [0.2, 0.25) is 10.0 Å². The second-order valence-electron chi connectivity index (χ2n) is 5.41. The molecule has 0 saturated heterocycles. The number of nitrogens with two attached hydrogens (primary N) is 1. The predicted octanol–water partition coefficient (Wildman–Crippen LogP) is 1.73. The molecule has 156 valence electrons. The van der Waals surface area contributed by atoms with Crippen LogP contribution in [0.1, 0.15) is 18.1 Å². The third kappa shape index (κ3) is 13.7. The Balaban J connectivity index is 0.00000676. The van der Waals surface area contributed by atoms with Gasteiger partial charge < -0.3 is 15.4 Å². The molecule has 0 aliphatic carbocycles. The van der Waals surface area contributed by atoms with Gasteiger partial charge in [-0.2, -0.15) is 13.2 Å². The number of hydrogen-bond acceptors (Lipinski definition) is 4. The van der Waals surface area contributed by atoms with Crippen LogP contribution in [0, 0.1) is 0 Å². The quantitative estimate of drug-likeness (QED) is 0.259. The van der Waals surface area contributed by atoms with E-state index in [2.05, 4.69) is 20.4 Å². The average molecular weight is 524 g/mol. The minimum atomic E-state index is -4.34. The number of ether oxygens (including phenoxy) is 1. The van der Waals surface area contributed by atoms with Gasteiger partial charge in [-0.1, -0.05) is 24.3 Å². The van der Waals surface area contributed by atoms with Crippen molar-refractivity contribution in [2.24, 2.45) is 10.1 Å². The van der Waals surface area contributed by atoms with Crippen LogP contribution in [0.4, 0.5) is 13.2 Å². The van der Waals surface area contributed by atoms with Crippen molar-refractivity contribution in [1.29, 1.82) is 0 Å². The fraction of sp³-hybridized carbons (Fsp3) is 0.533. The van der Waals surface area contributed by atoms with Crippen LogP contribution in [-0.4, -0.2) is 46.0 Å². The lowest BCUT2D eigenvalue weighted by molar-refractivity contribution is -0.176. The number of primary sulfonamides is 1. The molecule has 0 spiro atoms. The van der Waals surface area contributed by atoms with E-state index >= 15 is 0 Å². The van der Waals surface area contributed by atoms with Crippen LogP contribution in [0.3, 0.4) is 0 Å². The van der Waals surface area contributed by atoms with Crippen molar-refractivity contribution in [3.8, 4) is 0 Å². The van der Waals surface area contributed by atoms with Gasteiger partial charge in [0.25, 0.3) is 0 Å². The minimum absolute atomic E-state index is 0. The van der Waals surface area contributed by atoms with Crippen molar-refractivity contribution in [3.63, 3.8) is 0 Å². The molecular weight excluding hydrogens is 500 g/mol. The number of halogens is 4. The Hall–Kier alpha value is -1.12. The second kappa shape index (κ2) is 12.4. The molecule has 0 aliphatic heterocycles. The van der Waals surface area contributed by atoms with Gasteiger partial charge in [-0.25, -0.2) is 18.5 Å². The summed E-state index contributed by atoms with van der Waals surface area (Å²) in [6.07, 6.45) is -4.34. The summed E-state index contributed by atoms with van der Waals surface area (Å²) in [4.78, 5) is 4.31. The topological polar surface area (TPSA) is 106 Å². The third-order valence-electron chi connectivity index (χ3n) is 3.00. The first-order valence-corrected chi connectivity index (χ1v) is 9.55. The zero-order valence-electron chi connectivity index (χ0n) is 14.8. The fourth-order valence-corrected chi connectivity index (χ4v) is 2.24. The summed E-state index contributed by atoms with van der Waals surface area (Å²) in [6.45, 7) is 1.49. The van der Waals surface area contributed by atoms with Gasteiger partial charge in [-0.05, 0) is 18.1 Å². The van der Waals surface area contributed by atoms with E-state index in [0.29, 0.717) is 24.6 Å². The SMILES string of the molecule is CCNC(=NCc1ccc(COCC(F)(F)F)cc1)NCCS(N)(=O)=O.I. The van der Waals surface area contributed by atoms with E-state index in [-0.39, 0.29) is 42.9 Å². The fourth-order valence-electron chi connectivity index (χ4n) is 1.85. The smallest absolute Gasteiger partial charge is 0.367 e. The van der Waals surface area contributed by atoms with E-state index in [4.69, 9.17) is 5.14 Å². The van der Waals surface area contributed by atoms with Gasteiger partial charge in [-0.3, -0.25) is 0 Å². The Morgan fingerprint density at radius 2 is 1.78 bits per heavy atom. The number of alkyl halides is 3. The number of rotatable bonds is 9. The Labute approximate surface area is 174 Å². The molecule has 0 aromatic heterocycles. The summed E-state index contributed by atoms with van der Waals surface area (Å²) >= 11 is 0. The third-order valence-corrected chi connectivity index (χ3v) is 3.77. The number of nitrogens with one attached hydrogen (secondary N) is 2. The molecule has 0 fully saturated rings. The lowest BCUT2D eigenvalue weighted by Gasteiger charge is -2.11. The molecule has 0 saturated carbocycles. The van der Waals surface area contributed by atoms with Crippen LogP contribution in [0.25, 0.3) is 0 Å². The Morgan fingerprint density at radius 1 is 1.19 bits per heavy atom. The summed E-state index contributed by atoms with van der Waals surface area (Å²) < 4.78 is 62.5. The van der Waals surface area contributed by atoms with Gasteiger partial charge in [0.1, 0.15) is 6.61 Å². The molecule has 1 aromatic carbocycles. The zero-order chi connectivity index (χ0) is 19.6. The predicted molar refractivity (Wildman–Crippen MR) is 108 cm³/mol. The summed E-state index contributed by atoms with van der Waals surface area (Å²) in [5, 5.41) is 10.8. The van der Waals surface area contributed by atoms with E-state index in [0.717, 1.165) is 5.56 Å². The van der Waals surface area contributed by atoms with Crippen LogP contribution in [-0.2, 0) is 27.9 Å². The molecule has 0 heterocycles. The van der Waals surface area contributed by atoms with E-state index < -0.39 is 22.8 Å². The van der Waals surface area contributed by atoms with Gasteiger partial charge in [-0.15, -0.1) is 24.0 Å². The molecule has 0 aliphatic rings. The zero-order valence-corrected chi connectivity index (χ0v) is 17.9. The first kappa shape index (κ1) is 25.9. The minimum Gasteiger partial charge on any atom is -0.367 e. The lowest BCUT2D eigenvalue weighted by atomic mass is 10.1. The van der Waals surface area contributed by atoms with Crippen LogP contribution in [0.2, 0.25) is 0 Å². The van der Waals surface area contributed by atoms with E-state index in [1.807, 2.05) is 6.92 Å². The highest BCUT2D eigenvalue weighted by molar-refractivity contribution is 14.0. The second-order valence-corrected chi connectivity index (χ2v) is 7.15. The maximum atomic E-state index is 12.0. The van der Waals surface area contributed by atoms with Gasteiger partial charge in [0.15, 0.2) is 5.96 Å². The molecule has 27 heavy (non-hydrogen) atoms. The number of sulfonamides is 1. The molecule has 12 heteroatoms. The molecule has 0 amide bonds. The Kier molecular flexibility index (Phi) is 11.8. The van der Waals surface area contributed by atoms with Crippen LogP contribution < -0.4 is 15.8 Å². The van der Waals surface area contributed by atoms with E-state index in [1.165, 1.54) is 0 Å². The standard InChI is InChI=1S/C15H23F3N4O3S.HI/c1-2-20-14(21-7-8-26(19,23)24)22-9-12-3-5-13(6-4-12)10-25-11-15(16,17)18;/h3-6H,2,7-11H2,1H3,(H2,19,23,24)(H2,20,21,22);1H. The number of aliphatic imine (C=N–C) groups is 1. The highest BCUT2D eigenvalue weighted by Gasteiger charge is 2.27. The van der Waals surface area contributed by atoms with Crippen molar-refractivity contribution in [2.45, 2.75) is 26.3 Å². The first-order chi connectivity index (χ1) is 12.1. The largest absolute Gasteiger partial charge is 0.411 e. The van der Waals surface area contributed by atoms with Crippen molar-refractivity contribution < 1.29 is 26.3 Å². The number of nitrogens with zero attached hydrogens (tertiary/aromatic N) is 1. The molecule has 1 rings (SSSR count). The number of hydrogen-bond donors (Lipinski definition) is 3. The first-order valence-electron chi connectivity index (χ1n) is 7.84. The summed E-state index contributed by atoms with van der Waals surface area (Å²) in [6, 6.07) is 6.82. The Morgan fingerprint density at radius 3 is 2.30 bits per heavy atom. The average Bonchev–Trinajstić information content (AvgIpc) is 2.51. The molecule has 0 unspecified atom stereocenters. The van der Waals surface area contributed by atoms with Crippen LogP contribution in [0.15, 0.2) is 29.3 Å². The molecule has 1 aromatic rings. The monoisotopic (exact) mass is 524 g/mol. The Bertz CT molecular complexity index is 683. The molecular formula is C15H24F3IN4O3S. The normalized spacial score (nSPS) is 12.4. The highest BCUT2D eigenvalue weighted by Crippen LogP contribution is 2.16. The van der Waals surface area contributed by atoms with Crippen molar-refractivity contribution in [3.05, 3.63) is 35.4 Å². The molecule has 0 atom stereocenters. The molecule has 7 nitrogen and oxygen atoms in total. The van der Waals surface area contributed by atoms with Crippen molar-refractivity contribution in [1.82, 2.24) is 10.6 Å². The molecule has 0 bridgehead atoms. The van der Waals surface area contributed by atoms with E-state index in [1.54, 1.807) is 24.3 Å².